The molecule has 1 saturated heterocycles. The van der Waals surface area contributed by atoms with Crippen LogP contribution in [0.3, 0.4) is 0 Å². The van der Waals surface area contributed by atoms with Gasteiger partial charge in [0.05, 0.1) is 30.7 Å². The molecule has 9 nitrogen and oxygen atoms in total. The number of imide groups is 1. The fraction of sp³-hybridized carbons (Fsp3) is 0.810. The summed E-state index contributed by atoms with van der Waals surface area (Å²) in [4.78, 5) is 39.6. The molecule has 0 aromatic heterocycles. The molecule has 4 fully saturated rings. The standard InChI is InChI=1S/C21H31N3O6/c1-2-30-21(29)23-22-14-10-15(25)18(26)16-12(14)8-9-13-17(16)20(28)24(19(13)27)11-6-4-3-5-7-11/h11-13,15-18,25-26H,2-10H2,1H3,(H,23,29)/t12-,13-,15-,16+,17+,18-/m1/s1. The van der Waals surface area contributed by atoms with Crippen LogP contribution >= 0.6 is 0 Å². The third-order valence-corrected chi connectivity index (χ3v) is 7.32. The molecule has 3 aliphatic carbocycles. The summed E-state index contributed by atoms with van der Waals surface area (Å²) in [5.74, 6) is -2.27. The maximum atomic E-state index is 13.4. The number of nitrogens with one attached hydrogen (secondary N) is 1. The van der Waals surface area contributed by atoms with Crippen molar-refractivity contribution in [1.29, 1.82) is 0 Å². The van der Waals surface area contributed by atoms with Gasteiger partial charge < -0.3 is 14.9 Å². The van der Waals surface area contributed by atoms with Crippen LogP contribution in [0, 0.1) is 23.7 Å². The molecule has 1 heterocycles. The molecule has 3 amide bonds. The number of amides is 3. The van der Waals surface area contributed by atoms with E-state index in [1.807, 2.05) is 0 Å². The Morgan fingerprint density at radius 3 is 2.50 bits per heavy atom. The molecule has 6 atom stereocenters. The fourth-order valence-corrected chi connectivity index (χ4v) is 6.00. The Balaban J connectivity index is 1.59. The predicted molar refractivity (Wildman–Crippen MR) is 106 cm³/mol. The van der Waals surface area contributed by atoms with E-state index in [1.165, 1.54) is 4.90 Å². The predicted octanol–water partition coefficient (Wildman–Crippen LogP) is 1.17. The lowest BCUT2D eigenvalue weighted by Crippen LogP contribution is -2.55. The van der Waals surface area contributed by atoms with Gasteiger partial charge in [0, 0.05) is 30.0 Å². The number of hydrogen-bond donors (Lipinski definition) is 3. The number of hydrazone groups is 1. The Morgan fingerprint density at radius 1 is 1.10 bits per heavy atom. The minimum absolute atomic E-state index is 0.0490. The molecule has 0 aromatic carbocycles. The van der Waals surface area contributed by atoms with Gasteiger partial charge in [0.2, 0.25) is 11.8 Å². The average molecular weight is 421 g/mol. The van der Waals surface area contributed by atoms with Gasteiger partial charge in [0.1, 0.15) is 0 Å². The molecule has 0 bridgehead atoms. The second-order valence-corrected chi connectivity index (χ2v) is 8.93. The van der Waals surface area contributed by atoms with Crippen molar-refractivity contribution in [2.75, 3.05) is 6.61 Å². The van der Waals surface area contributed by atoms with E-state index in [0.29, 0.717) is 18.6 Å². The van der Waals surface area contributed by atoms with Crippen molar-refractivity contribution < 1.29 is 29.3 Å². The topological polar surface area (TPSA) is 129 Å². The van der Waals surface area contributed by atoms with Crippen LogP contribution in [0.2, 0.25) is 0 Å². The van der Waals surface area contributed by atoms with Gasteiger partial charge >= 0.3 is 6.09 Å². The van der Waals surface area contributed by atoms with Gasteiger partial charge in [-0.3, -0.25) is 14.5 Å². The van der Waals surface area contributed by atoms with E-state index in [1.54, 1.807) is 6.92 Å². The third-order valence-electron chi connectivity index (χ3n) is 7.32. The summed E-state index contributed by atoms with van der Waals surface area (Å²) in [7, 11) is 0. The first kappa shape index (κ1) is 21.2. The highest BCUT2D eigenvalue weighted by Crippen LogP contribution is 2.50. The normalized spacial score (nSPS) is 38.4. The second kappa shape index (κ2) is 8.63. The minimum Gasteiger partial charge on any atom is -0.449 e. The lowest BCUT2D eigenvalue weighted by Gasteiger charge is -2.45. The number of likely N-dealkylation sites (tertiary alicyclic amines) is 1. The van der Waals surface area contributed by atoms with Gasteiger partial charge in [-0.05, 0) is 32.6 Å². The number of aliphatic hydroxyl groups excluding tert-OH is 2. The molecule has 30 heavy (non-hydrogen) atoms. The summed E-state index contributed by atoms with van der Waals surface area (Å²) >= 11 is 0. The first-order chi connectivity index (χ1) is 14.4. The highest BCUT2D eigenvalue weighted by molar-refractivity contribution is 6.06. The number of nitrogens with zero attached hydrogens (tertiary/aromatic N) is 2. The number of fused-ring (bicyclic) bond motifs is 3. The summed E-state index contributed by atoms with van der Waals surface area (Å²) in [6.45, 7) is 1.90. The van der Waals surface area contributed by atoms with Gasteiger partial charge in [0.15, 0.2) is 0 Å². The van der Waals surface area contributed by atoms with Crippen LogP contribution in [0.1, 0.15) is 58.3 Å². The average Bonchev–Trinajstić information content (AvgIpc) is 3.00. The largest absolute Gasteiger partial charge is 0.449 e. The monoisotopic (exact) mass is 421 g/mol. The Kier molecular flexibility index (Phi) is 6.11. The van der Waals surface area contributed by atoms with Gasteiger partial charge in [0.25, 0.3) is 0 Å². The Hall–Kier alpha value is -2.00. The Morgan fingerprint density at radius 2 is 1.80 bits per heavy atom. The van der Waals surface area contributed by atoms with E-state index in [0.717, 1.165) is 32.1 Å². The molecular formula is C21H31N3O6. The smallest absolute Gasteiger partial charge is 0.427 e. The third kappa shape index (κ3) is 3.62. The molecule has 1 aliphatic heterocycles. The maximum Gasteiger partial charge on any atom is 0.427 e. The summed E-state index contributed by atoms with van der Waals surface area (Å²) in [6, 6.07) is -0.0490. The highest BCUT2D eigenvalue weighted by Gasteiger charge is 2.60. The van der Waals surface area contributed by atoms with Crippen LogP contribution in [-0.2, 0) is 14.3 Å². The summed E-state index contributed by atoms with van der Waals surface area (Å²) in [5, 5.41) is 25.4. The van der Waals surface area contributed by atoms with Gasteiger partial charge in [-0.1, -0.05) is 19.3 Å². The van der Waals surface area contributed by atoms with Crippen LogP contribution in [-0.4, -0.2) is 63.6 Å². The minimum atomic E-state index is -1.10. The van der Waals surface area contributed by atoms with Crippen LogP contribution in [0.15, 0.2) is 5.10 Å². The van der Waals surface area contributed by atoms with Crippen molar-refractivity contribution in [3.8, 4) is 0 Å². The number of aliphatic hydroxyl groups is 2. The first-order valence-electron chi connectivity index (χ1n) is 11.2. The molecule has 166 valence electrons. The van der Waals surface area contributed by atoms with E-state index in [2.05, 4.69) is 10.5 Å². The van der Waals surface area contributed by atoms with Crippen molar-refractivity contribution in [3.05, 3.63) is 0 Å². The molecule has 4 aliphatic rings. The Labute approximate surface area is 175 Å². The summed E-state index contributed by atoms with van der Waals surface area (Å²) < 4.78 is 4.82. The molecule has 4 rings (SSSR count). The van der Waals surface area contributed by atoms with E-state index in [9.17, 15) is 24.6 Å². The van der Waals surface area contributed by atoms with Crippen LogP contribution < -0.4 is 5.43 Å². The number of rotatable bonds is 3. The van der Waals surface area contributed by atoms with E-state index in [-0.39, 0.29) is 36.8 Å². The fourth-order valence-electron chi connectivity index (χ4n) is 6.00. The molecule has 3 N–H and O–H groups in total. The van der Waals surface area contributed by atoms with Crippen molar-refractivity contribution in [2.45, 2.75) is 76.5 Å². The zero-order valence-electron chi connectivity index (χ0n) is 17.3. The van der Waals surface area contributed by atoms with Crippen molar-refractivity contribution in [1.82, 2.24) is 10.3 Å². The second-order valence-electron chi connectivity index (χ2n) is 8.93. The van der Waals surface area contributed by atoms with Gasteiger partial charge in [-0.15, -0.1) is 0 Å². The first-order valence-corrected chi connectivity index (χ1v) is 11.2. The summed E-state index contributed by atoms with van der Waals surface area (Å²) in [5.41, 5.74) is 2.88. The molecule has 0 radical (unpaired) electrons. The SMILES string of the molecule is CCOC(=O)NN=C1C[C@@H](O)[C@@H](O)[C@@H]2[C@H]3C(=O)N(C4CCCCC4)C(=O)[C@@H]3CC[C@H]12. The van der Waals surface area contributed by atoms with Gasteiger partial charge in [-0.2, -0.15) is 5.10 Å². The maximum absolute atomic E-state index is 13.4. The van der Waals surface area contributed by atoms with Crippen molar-refractivity contribution >= 4 is 23.6 Å². The quantitative estimate of drug-likeness (QED) is 0.464. The lowest BCUT2D eigenvalue weighted by atomic mass is 9.60. The van der Waals surface area contributed by atoms with E-state index in [4.69, 9.17) is 4.74 Å². The van der Waals surface area contributed by atoms with Crippen molar-refractivity contribution in [2.24, 2.45) is 28.8 Å². The molecule has 0 aromatic rings. The number of carbonyl (C=O) groups is 3. The number of ether oxygens (including phenoxy) is 1. The van der Waals surface area contributed by atoms with Crippen LogP contribution in [0.25, 0.3) is 0 Å². The molecule has 0 spiro atoms. The van der Waals surface area contributed by atoms with E-state index >= 15 is 0 Å². The van der Waals surface area contributed by atoms with Crippen LogP contribution in [0.4, 0.5) is 4.79 Å². The zero-order chi connectivity index (χ0) is 21.4. The summed E-state index contributed by atoms with van der Waals surface area (Å²) in [6.07, 6.45) is 3.18. The number of hydrogen-bond acceptors (Lipinski definition) is 7. The Bertz CT molecular complexity index is 734. The zero-order valence-corrected chi connectivity index (χ0v) is 17.3. The highest BCUT2D eigenvalue weighted by atomic mass is 16.5. The molecular weight excluding hydrogens is 390 g/mol. The number of carbonyl (C=O) groups excluding carboxylic acids is 3. The van der Waals surface area contributed by atoms with Gasteiger partial charge in [-0.25, -0.2) is 10.2 Å². The van der Waals surface area contributed by atoms with Crippen LogP contribution in [0.5, 0.6) is 0 Å². The molecule has 9 heteroatoms. The van der Waals surface area contributed by atoms with E-state index < -0.39 is 36.1 Å². The molecule has 3 saturated carbocycles. The molecule has 0 unspecified atom stereocenters. The lowest BCUT2D eigenvalue weighted by molar-refractivity contribution is -0.145. The van der Waals surface area contributed by atoms with Crippen molar-refractivity contribution in [3.63, 3.8) is 0 Å².